The van der Waals surface area contributed by atoms with E-state index in [0.717, 1.165) is 22.3 Å². The lowest BCUT2D eigenvalue weighted by Crippen LogP contribution is -2.41. The van der Waals surface area contributed by atoms with E-state index in [-0.39, 0.29) is 12.5 Å². The highest BCUT2D eigenvalue weighted by Crippen LogP contribution is 2.55. The minimum atomic E-state index is -3.27. The summed E-state index contributed by atoms with van der Waals surface area (Å²) in [6, 6.07) is 15.1. The first kappa shape index (κ1) is 23.3. The predicted molar refractivity (Wildman–Crippen MR) is 122 cm³/mol. The summed E-state index contributed by atoms with van der Waals surface area (Å²) in [7, 11) is 0. The van der Waals surface area contributed by atoms with Gasteiger partial charge in [0.25, 0.3) is 5.92 Å². The Morgan fingerprint density at radius 2 is 1.63 bits per heavy atom. The van der Waals surface area contributed by atoms with Crippen LogP contribution in [-0.2, 0) is 14.3 Å². The van der Waals surface area contributed by atoms with Crippen molar-refractivity contribution in [3.8, 4) is 11.1 Å². The van der Waals surface area contributed by atoms with Crippen LogP contribution in [0.3, 0.4) is 0 Å². The molecule has 0 radical (unpaired) electrons. The maximum atomic E-state index is 14.3. The second-order valence-corrected chi connectivity index (χ2v) is 9.46. The van der Waals surface area contributed by atoms with Gasteiger partial charge < -0.3 is 20.5 Å². The molecule has 3 N–H and O–H groups in total. The molecule has 2 aromatic rings. The molecule has 0 heterocycles. The number of carboxylic acids is 1. The third-order valence-electron chi connectivity index (χ3n) is 7.46. The molecule has 0 saturated heterocycles. The highest BCUT2D eigenvalue weighted by atomic mass is 19.3. The summed E-state index contributed by atoms with van der Waals surface area (Å²) in [5, 5.41) is 14.1. The van der Waals surface area contributed by atoms with E-state index < -0.39 is 54.2 Å². The fourth-order valence-corrected chi connectivity index (χ4v) is 5.55. The smallest absolute Gasteiger partial charge is 0.407 e. The molecule has 4 unspecified atom stereocenters. The van der Waals surface area contributed by atoms with Crippen LogP contribution in [0.1, 0.15) is 36.3 Å². The number of alkyl halides is 2. The summed E-state index contributed by atoms with van der Waals surface area (Å²) >= 11 is 0. The van der Waals surface area contributed by atoms with Crippen LogP contribution in [0.15, 0.2) is 48.5 Å². The van der Waals surface area contributed by atoms with Gasteiger partial charge in [0.2, 0.25) is 5.91 Å². The van der Waals surface area contributed by atoms with E-state index in [2.05, 4.69) is 10.6 Å². The van der Waals surface area contributed by atoms with E-state index in [1.165, 1.54) is 0 Å². The van der Waals surface area contributed by atoms with Crippen molar-refractivity contribution >= 4 is 18.0 Å². The number of hydrogen-bond acceptors (Lipinski definition) is 4. The third kappa shape index (κ3) is 4.24. The van der Waals surface area contributed by atoms with Crippen molar-refractivity contribution in [2.24, 2.45) is 17.8 Å². The van der Waals surface area contributed by atoms with Crippen LogP contribution in [-0.4, -0.2) is 48.2 Å². The first-order valence-corrected chi connectivity index (χ1v) is 11.8. The number of amides is 2. The van der Waals surface area contributed by atoms with Crippen LogP contribution in [0.4, 0.5) is 13.6 Å². The predicted octanol–water partition coefficient (Wildman–Crippen LogP) is 3.78. The van der Waals surface area contributed by atoms with Gasteiger partial charge in [-0.15, -0.1) is 0 Å². The molecule has 0 aliphatic heterocycles. The summed E-state index contributed by atoms with van der Waals surface area (Å²) in [5.41, 5.74) is 4.24. The van der Waals surface area contributed by atoms with E-state index in [4.69, 9.17) is 4.74 Å². The molecule has 7 nitrogen and oxygen atoms in total. The van der Waals surface area contributed by atoms with Gasteiger partial charge in [0.15, 0.2) is 0 Å². The molecule has 2 fully saturated rings. The molecule has 35 heavy (non-hydrogen) atoms. The van der Waals surface area contributed by atoms with Crippen LogP contribution >= 0.6 is 0 Å². The Morgan fingerprint density at radius 3 is 2.26 bits per heavy atom. The Balaban J connectivity index is 1.14. The Labute approximate surface area is 200 Å². The van der Waals surface area contributed by atoms with Gasteiger partial charge in [0.1, 0.15) is 12.5 Å². The van der Waals surface area contributed by atoms with E-state index in [1.54, 1.807) is 0 Å². The van der Waals surface area contributed by atoms with Crippen molar-refractivity contribution in [3.05, 3.63) is 59.7 Å². The number of aliphatic carboxylic acids is 1. The molecule has 9 heteroatoms. The minimum absolute atomic E-state index is 0.0586. The van der Waals surface area contributed by atoms with Gasteiger partial charge in [-0.1, -0.05) is 55.0 Å². The standard InChI is InChI=1S/C26H26F2N2O5/c27-26(28)20(22(26)23(31)30-21-11-5-10-18(21)24(32)33)12-29-25(34)35-13-19-16-8-3-1-6-14(16)15-7-2-4-9-17(15)19/h1-4,6-9,18-22H,5,10-13H2,(H,29,34)(H,30,31)(H,32,33). The highest BCUT2D eigenvalue weighted by Gasteiger charge is 2.71. The first-order valence-electron chi connectivity index (χ1n) is 11.8. The fourth-order valence-electron chi connectivity index (χ4n) is 5.55. The number of fused-ring (bicyclic) bond motifs is 3. The molecule has 3 aliphatic rings. The van der Waals surface area contributed by atoms with Crippen molar-refractivity contribution in [1.82, 2.24) is 10.6 Å². The SMILES string of the molecule is O=C(NCC1C(C(=O)NC2CCCC2C(=O)O)C1(F)F)OCC1c2ccccc2-c2ccccc21. The lowest BCUT2D eigenvalue weighted by atomic mass is 9.98. The van der Waals surface area contributed by atoms with Gasteiger partial charge in [0.05, 0.1) is 11.8 Å². The van der Waals surface area contributed by atoms with Gasteiger partial charge in [-0.2, -0.15) is 0 Å². The number of ether oxygens (including phenoxy) is 1. The zero-order chi connectivity index (χ0) is 24.7. The van der Waals surface area contributed by atoms with Crippen molar-refractivity contribution in [3.63, 3.8) is 0 Å². The maximum absolute atomic E-state index is 14.3. The number of hydrogen-bond donors (Lipinski definition) is 3. The zero-order valence-electron chi connectivity index (χ0n) is 18.9. The Bertz CT molecular complexity index is 1120. The topological polar surface area (TPSA) is 105 Å². The number of benzene rings is 2. The molecule has 0 bridgehead atoms. The monoisotopic (exact) mass is 484 g/mol. The second kappa shape index (κ2) is 8.94. The number of nitrogens with one attached hydrogen (secondary N) is 2. The molecular formula is C26H26F2N2O5. The molecule has 2 saturated carbocycles. The van der Waals surface area contributed by atoms with Gasteiger partial charge >= 0.3 is 12.1 Å². The normalized spacial score (nSPS) is 25.9. The Morgan fingerprint density at radius 1 is 1.00 bits per heavy atom. The van der Waals surface area contributed by atoms with Crippen molar-refractivity contribution in [1.29, 1.82) is 0 Å². The molecule has 184 valence electrons. The van der Waals surface area contributed by atoms with Gasteiger partial charge in [0, 0.05) is 18.5 Å². The molecule has 0 spiro atoms. The van der Waals surface area contributed by atoms with E-state index in [0.29, 0.717) is 19.3 Å². The first-order chi connectivity index (χ1) is 16.8. The molecule has 2 amide bonds. The summed E-state index contributed by atoms with van der Waals surface area (Å²) in [5.74, 6) is -9.03. The number of carbonyl (C=O) groups excluding carboxylic acids is 2. The summed E-state index contributed by atoms with van der Waals surface area (Å²) in [6.45, 7) is -0.349. The van der Waals surface area contributed by atoms with Gasteiger partial charge in [-0.3, -0.25) is 9.59 Å². The summed E-state index contributed by atoms with van der Waals surface area (Å²) in [4.78, 5) is 36.0. The number of carbonyl (C=O) groups is 3. The zero-order valence-corrected chi connectivity index (χ0v) is 18.9. The molecule has 3 aliphatic carbocycles. The number of halogens is 2. The van der Waals surface area contributed by atoms with Crippen LogP contribution in [0.25, 0.3) is 11.1 Å². The average molecular weight is 484 g/mol. The average Bonchev–Trinajstić information content (AvgIpc) is 3.13. The highest BCUT2D eigenvalue weighted by molar-refractivity contribution is 5.85. The summed E-state index contributed by atoms with van der Waals surface area (Å²) in [6.07, 6.45) is 0.656. The third-order valence-corrected chi connectivity index (χ3v) is 7.46. The molecule has 5 rings (SSSR count). The molecule has 4 atom stereocenters. The minimum Gasteiger partial charge on any atom is -0.481 e. The van der Waals surface area contributed by atoms with E-state index in [1.807, 2.05) is 48.5 Å². The lowest BCUT2D eigenvalue weighted by molar-refractivity contribution is -0.142. The van der Waals surface area contributed by atoms with Crippen LogP contribution in [0.5, 0.6) is 0 Å². The fraction of sp³-hybridized carbons (Fsp3) is 0.423. The van der Waals surface area contributed by atoms with E-state index >= 15 is 0 Å². The quantitative estimate of drug-likeness (QED) is 0.555. The van der Waals surface area contributed by atoms with E-state index in [9.17, 15) is 28.3 Å². The van der Waals surface area contributed by atoms with Crippen LogP contribution in [0, 0.1) is 17.8 Å². The number of carboxylic acid groups (broad SMARTS) is 1. The van der Waals surface area contributed by atoms with Crippen molar-refractivity contribution in [2.45, 2.75) is 37.1 Å². The molecular weight excluding hydrogens is 458 g/mol. The largest absolute Gasteiger partial charge is 0.481 e. The maximum Gasteiger partial charge on any atom is 0.407 e. The number of alkyl carbamates (subject to hydrolysis) is 1. The Hall–Kier alpha value is -3.49. The van der Waals surface area contributed by atoms with Crippen molar-refractivity contribution in [2.75, 3.05) is 13.2 Å². The van der Waals surface area contributed by atoms with Gasteiger partial charge in [-0.25, -0.2) is 13.6 Å². The molecule has 0 aromatic heterocycles. The second-order valence-electron chi connectivity index (χ2n) is 9.46. The van der Waals surface area contributed by atoms with Crippen LogP contribution in [0.2, 0.25) is 0 Å². The summed E-state index contributed by atoms with van der Waals surface area (Å²) < 4.78 is 33.9. The van der Waals surface area contributed by atoms with Crippen LogP contribution < -0.4 is 10.6 Å². The molecule has 2 aromatic carbocycles. The van der Waals surface area contributed by atoms with Crippen molar-refractivity contribution < 1.29 is 33.0 Å². The lowest BCUT2D eigenvalue weighted by Gasteiger charge is -2.17. The number of rotatable bonds is 7. The Kier molecular flexibility index (Phi) is 5.94. The van der Waals surface area contributed by atoms with Gasteiger partial charge in [-0.05, 0) is 35.1 Å².